The molecule has 0 aliphatic rings. The number of methoxy groups -OCH3 is 1. The van der Waals surface area contributed by atoms with Gasteiger partial charge < -0.3 is 9.47 Å². The molecule has 4 heteroatoms. The van der Waals surface area contributed by atoms with E-state index in [-0.39, 0.29) is 17.4 Å². The molecule has 37 heavy (non-hydrogen) atoms. The maximum absolute atomic E-state index is 6.28. The highest BCUT2D eigenvalue weighted by Crippen LogP contribution is 2.52. The summed E-state index contributed by atoms with van der Waals surface area (Å²) in [7, 11) is 2.25. The quantitative estimate of drug-likeness (QED) is 0.153. The number of para-hydroxylation sites is 1. The Labute approximate surface area is 226 Å². The number of nitrogens with zero attached hydrogens (tertiary/aromatic N) is 1. The van der Waals surface area contributed by atoms with Crippen molar-refractivity contribution in [3.8, 4) is 5.75 Å². The predicted molar refractivity (Wildman–Crippen MR) is 162 cm³/mol. The van der Waals surface area contributed by atoms with Crippen LogP contribution in [0.2, 0.25) is 0 Å². The van der Waals surface area contributed by atoms with E-state index in [1.807, 2.05) is 18.2 Å². The fraction of sp³-hybridized carbons (Fsp3) is 0.424. The standard InChI is InChI=1S/C33H44NO2P/c1-10-33(11-2,29-21-26(32(6,7)8)20-24(4)30(29)36-22-35-9)37-31-23(3)16-15-19-28(31)25(5)34-27-17-13-12-14-18-27/h12-21,37H,10-11,22H2,1-9H3. The van der Waals surface area contributed by atoms with E-state index in [0.29, 0.717) is 8.58 Å². The number of benzene rings is 3. The number of rotatable bonds is 10. The number of hydrogen-bond acceptors (Lipinski definition) is 3. The van der Waals surface area contributed by atoms with Gasteiger partial charge in [0, 0.05) is 29.1 Å². The first-order chi connectivity index (χ1) is 17.6. The van der Waals surface area contributed by atoms with Gasteiger partial charge in [-0.2, -0.15) is 0 Å². The molecule has 198 valence electrons. The molecule has 0 spiro atoms. The van der Waals surface area contributed by atoms with Crippen LogP contribution in [0.4, 0.5) is 5.69 Å². The highest BCUT2D eigenvalue weighted by atomic mass is 31.1. The molecule has 0 bridgehead atoms. The Kier molecular flexibility index (Phi) is 9.73. The van der Waals surface area contributed by atoms with Crippen LogP contribution >= 0.6 is 8.58 Å². The molecule has 0 aromatic heterocycles. The van der Waals surface area contributed by atoms with Crippen LogP contribution in [0.15, 0.2) is 65.7 Å². The van der Waals surface area contributed by atoms with Gasteiger partial charge in [0.15, 0.2) is 6.79 Å². The molecule has 3 aromatic rings. The second-order valence-corrected chi connectivity index (χ2v) is 12.6. The van der Waals surface area contributed by atoms with Gasteiger partial charge in [-0.1, -0.05) is 91.7 Å². The van der Waals surface area contributed by atoms with Crippen molar-refractivity contribution in [2.75, 3.05) is 13.9 Å². The molecule has 0 saturated carbocycles. The molecule has 0 heterocycles. The van der Waals surface area contributed by atoms with Gasteiger partial charge in [0.1, 0.15) is 5.75 Å². The Morgan fingerprint density at radius 1 is 0.892 bits per heavy atom. The molecule has 0 fully saturated rings. The minimum absolute atomic E-state index is 0.0440. The lowest BCUT2D eigenvalue weighted by atomic mass is 9.81. The molecule has 0 radical (unpaired) electrons. The normalized spacial score (nSPS) is 12.9. The summed E-state index contributed by atoms with van der Waals surface area (Å²) in [5.74, 6) is 0.968. The highest BCUT2D eigenvalue weighted by Gasteiger charge is 2.35. The zero-order valence-electron chi connectivity index (χ0n) is 24.2. The van der Waals surface area contributed by atoms with E-state index in [1.165, 1.54) is 33.1 Å². The van der Waals surface area contributed by atoms with Gasteiger partial charge in [0.2, 0.25) is 0 Å². The van der Waals surface area contributed by atoms with Crippen LogP contribution in [0.25, 0.3) is 0 Å². The van der Waals surface area contributed by atoms with Crippen molar-refractivity contribution in [1.29, 1.82) is 0 Å². The zero-order valence-corrected chi connectivity index (χ0v) is 25.2. The molecule has 0 aliphatic heterocycles. The van der Waals surface area contributed by atoms with Crippen molar-refractivity contribution in [1.82, 2.24) is 0 Å². The zero-order chi connectivity index (χ0) is 27.2. The van der Waals surface area contributed by atoms with Gasteiger partial charge in [0.05, 0.1) is 5.69 Å². The van der Waals surface area contributed by atoms with Crippen LogP contribution in [0.5, 0.6) is 5.75 Å². The molecule has 1 atom stereocenters. The third kappa shape index (κ3) is 6.70. The smallest absolute Gasteiger partial charge is 0.188 e. The number of aliphatic imine (C=N–C) groups is 1. The van der Waals surface area contributed by atoms with Gasteiger partial charge in [0.25, 0.3) is 0 Å². The number of ether oxygens (including phenoxy) is 2. The van der Waals surface area contributed by atoms with Gasteiger partial charge in [-0.25, -0.2) is 0 Å². The number of hydrogen-bond donors (Lipinski definition) is 0. The van der Waals surface area contributed by atoms with Crippen molar-refractivity contribution in [3.63, 3.8) is 0 Å². The van der Waals surface area contributed by atoms with Crippen LogP contribution < -0.4 is 10.0 Å². The lowest BCUT2D eigenvalue weighted by molar-refractivity contribution is 0.0494. The third-order valence-electron chi connectivity index (χ3n) is 7.26. The molecule has 0 N–H and O–H groups in total. The molecular formula is C33H44NO2P. The Bertz CT molecular complexity index is 1220. The van der Waals surface area contributed by atoms with E-state index in [1.54, 1.807) is 7.11 Å². The van der Waals surface area contributed by atoms with Crippen molar-refractivity contribution < 1.29 is 9.47 Å². The first kappa shape index (κ1) is 29.1. The van der Waals surface area contributed by atoms with E-state index >= 15 is 0 Å². The summed E-state index contributed by atoms with van der Waals surface area (Å²) in [5.41, 5.74) is 8.43. The summed E-state index contributed by atoms with van der Waals surface area (Å²) in [6, 6.07) is 21.5. The summed E-state index contributed by atoms with van der Waals surface area (Å²) in [6.45, 7) is 18.3. The van der Waals surface area contributed by atoms with Crippen molar-refractivity contribution >= 4 is 25.3 Å². The Hall–Kier alpha value is -2.48. The lowest BCUT2D eigenvalue weighted by Gasteiger charge is -2.37. The average molecular weight is 518 g/mol. The minimum Gasteiger partial charge on any atom is -0.467 e. The molecule has 1 unspecified atom stereocenters. The van der Waals surface area contributed by atoms with E-state index in [4.69, 9.17) is 14.5 Å². The summed E-state index contributed by atoms with van der Waals surface area (Å²) < 4.78 is 11.6. The van der Waals surface area contributed by atoms with Gasteiger partial charge in [-0.05, 0) is 73.2 Å². The second kappa shape index (κ2) is 12.4. The van der Waals surface area contributed by atoms with Gasteiger partial charge in [-0.15, -0.1) is 0 Å². The first-order valence-corrected chi connectivity index (χ1v) is 14.3. The molecule has 3 aromatic carbocycles. The maximum Gasteiger partial charge on any atom is 0.188 e. The van der Waals surface area contributed by atoms with Crippen LogP contribution in [0.3, 0.4) is 0 Å². The highest BCUT2D eigenvalue weighted by molar-refractivity contribution is 7.49. The van der Waals surface area contributed by atoms with Crippen LogP contribution in [0, 0.1) is 13.8 Å². The maximum atomic E-state index is 6.28. The van der Waals surface area contributed by atoms with Crippen LogP contribution in [-0.4, -0.2) is 19.6 Å². The van der Waals surface area contributed by atoms with Crippen LogP contribution in [-0.2, 0) is 15.3 Å². The van der Waals surface area contributed by atoms with E-state index in [9.17, 15) is 0 Å². The first-order valence-electron chi connectivity index (χ1n) is 13.3. The Balaban J connectivity index is 2.21. The molecule has 3 rings (SSSR count). The van der Waals surface area contributed by atoms with E-state index in [0.717, 1.165) is 30.0 Å². The monoisotopic (exact) mass is 517 g/mol. The van der Waals surface area contributed by atoms with E-state index < -0.39 is 0 Å². The molecule has 3 nitrogen and oxygen atoms in total. The van der Waals surface area contributed by atoms with Gasteiger partial charge in [-0.3, -0.25) is 4.99 Å². The summed E-state index contributed by atoms with van der Waals surface area (Å²) in [5, 5.41) is 1.32. The molecule has 0 aliphatic carbocycles. The van der Waals surface area contributed by atoms with Crippen molar-refractivity contribution in [3.05, 3.63) is 88.5 Å². The minimum atomic E-state index is -0.0665. The van der Waals surface area contributed by atoms with E-state index in [2.05, 4.69) is 97.9 Å². The van der Waals surface area contributed by atoms with Crippen molar-refractivity contribution in [2.45, 2.75) is 78.8 Å². The topological polar surface area (TPSA) is 30.8 Å². The fourth-order valence-corrected chi connectivity index (χ4v) is 6.71. The summed E-state index contributed by atoms with van der Waals surface area (Å²) in [4.78, 5) is 4.98. The largest absolute Gasteiger partial charge is 0.467 e. The second-order valence-electron chi connectivity index (χ2n) is 10.9. The Morgan fingerprint density at radius 2 is 1.57 bits per heavy atom. The SMILES string of the molecule is CCC(CC)(Pc1c(C)cccc1C(C)=Nc1ccccc1)c1cc(C(C)(C)C)cc(C)c1OCOC. The summed E-state index contributed by atoms with van der Waals surface area (Å²) in [6.07, 6.45) is 2.03. The molecule has 0 amide bonds. The number of aryl methyl sites for hydroxylation is 2. The average Bonchev–Trinajstić information content (AvgIpc) is 2.87. The fourth-order valence-electron chi connectivity index (χ4n) is 4.88. The third-order valence-corrected chi connectivity index (χ3v) is 9.63. The van der Waals surface area contributed by atoms with Crippen molar-refractivity contribution in [2.24, 2.45) is 4.99 Å². The predicted octanol–water partition coefficient (Wildman–Crippen LogP) is 8.74. The van der Waals surface area contributed by atoms with Crippen LogP contribution in [0.1, 0.15) is 82.2 Å². The van der Waals surface area contributed by atoms with Gasteiger partial charge >= 0.3 is 0 Å². The molecular weight excluding hydrogens is 473 g/mol. The Morgan fingerprint density at radius 3 is 2.16 bits per heavy atom. The lowest BCUT2D eigenvalue weighted by Crippen LogP contribution is -2.27. The molecule has 0 saturated heterocycles. The summed E-state index contributed by atoms with van der Waals surface area (Å²) >= 11 is 0.